The van der Waals surface area contributed by atoms with Crippen LogP contribution in [-0.4, -0.2) is 24.3 Å². The van der Waals surface area contributed by atoms with Gasteiger partial charge in [-0.3, -0.25) is 14.9 Å². The van der Waals surface area contributed by atoms with Crippen molar-refractivity contribution in [3.63, 3.8) is 0 Å². The molecule has 2 rings (SSSR count). The van der Waals surface area contributed by atoms with E-state index in [-0.39, 0.29) is 30.9 Å². The molecule has 1 aromatic carbocycles. The lowest BCUT2D eigenvalue weighted by Gasteiger charge is -2.20. The Kier molecular flexibility index (Phi) is 3.88. The van der Waals surface area contributed by atoms with Gasteiger partial charge in [-0.1, -0.05) is 30.3 Å². The van der Waals surface area contributed by atoms with Crippen molar-refractivity contribution in [1.82, 2.24) is 5.32 Å². The van der Waals surface area contributed by atoms with Crippen molar-refractivity contribution in [3.05, 3.63) is 35.9 Å². The smallest absolute Gasteiger partial charge is 0.323 e. The van der Waals surface area contributed by atoms with Gasteiger partial charge in [0.2, 0.25) is 0 Å². The highest BCUT2D eigenvalue weighted by molar-refractivity contribution is 5.85. The first-order valence-corrected chi connectivity index (χ1v) is 5.71. The number of piperidine rings is 1. The molecule has 0 amide bonds. The van der Waals surface area contributed by atoms with Gasteiger partial charge in [-0.2, -0.15) is 0 Å². The number of rotatable bonds is 3. The van der Waals surface area contributed by atoms with Crippen LogP contribution in [0.3, 0.4) is 0 Å². The average molecular weight is 233 g/mol. The topological polar surface area (TPSA) is 55.4 Å². The standard InChI is InChI=1S/C13H15NO3/c15-11-6-7-12(14-8-11)13(16)17-9-10-4-2-1-3-5-10/h1-5,12,14H,6-9H2. The highest BCUT2D eigenvalue weighted by atomic mass is 16.5. The number of ether oxygens (including phenoxy) is 1. The summed E-state index contributed by atoms with van der Waals surface area (Å²) in [5.41, 5.74) is 0.965. The molecule has 17 heavy (non-hydrogen) atoms. The summed E-state index contributed by atoms with van der Waals surface area (Å²) in [4.78, 5) is 22.7. The minimum atomic E-state index is -0.337. The first-order valence-electron chi connectivity index (χ1n) is 5.71. The first-order chi connectivity index (χ1) is 8.25. The molecule has 0 radical (unpaired) electrons. The molecule has 1 atom stereocenters. The number of esters is 1. The van der Waals surface area contributed by atoms with Crippen molar-refractivity contribution in [1.29, 1.82) is 0 Å². The van der Waals surface area contributed by atoms with Gasteiger partial charge in [-0.15, -0.1) is 0 Å². The van der Waals surface area contributed by atoms with Crippen molar-refractivity contribution in [2.75, 3.05) is 6.54 Å². The maximum atomic E-state index is 11.7. The number of Topliss-reactive ketones (excluding diaryl/α,β-unsaturated/α-hetero) is 1. The normalized spacial score (nSPS) is 20.0. The third kappa shape index (κ3) is 3.39. The Morgan fingerprint density at radius 2 is 2.12 bits per heavy atom. The monoisotopic (exact) mass is 233 g/mol. The highest BCUT2D eigenvalue weighted by Gasteiger charge is 2.25. The summed E-state index contributed by atoms with van der Waals surface area (Å²) >= 11 is 0. The van der Waals surface area contributed by atoms with Crippen LogP contribution in [0.4, 0.5) is 0 Å². The molecule has 1 unspecified atom stereocenters. The van der Waals surface area contributed by atoms with Gasteiger partial charge < -0.3 is 4.74 Å². The molecule has 1 aliphatic heterocycles. The van der Waals surface area contributed by atoms with E-state index in [4.69, 9.17) is 4.74 Å². The molecule has 4 heteroatoms. The van der Waals surface area contributed by atoms with E-state index in [1.54, 1.807) is 0 Å². The second kappa shape index (κ2) is 5.59. The molecule has 1 aromatic rings. The zero-order valence-electron chi connectivity index (χ0n) is 9.52. The molecule has 1 saturated heterocycles. The number of carbonyl (C=O) groups excluding carboxylic acids is 2. The number of benzene rings is 1. The zero-order chi connectivity index (χ0) is 12.1. The average Bonchev–Trinajstić information content (AvgIpc) is 2.38. The van der Waals surface area contributed by atoms with Crippen LogP contribution in [0.15, 0.2) is 30.3 Å². The van der Waals surface area contributed by atoms with Crippen LogP contribution in [0.2, 0.25) is 0 Å². The van der Waals surface area contributed by atoms with E-state index in [0.717, 1.165) is 5.56 Å². The lowest BCUT2D eigenvalue weighted by Crippen LogP contribution is -2.44. The van der Waals surface area contributed by atoms with Crippen molar-refractivity contribution in [2.24, 2.45) is 0 Å². The molecular weight excluding hydrogens is 218 g/mol. The van der Waals surface area contributed by atoms with Gasteiger partial charge in [0.15, 0.2) is 0 Å². The van der Waals surface area contributed by atoms with Crippen molar-refractivity contribution in [3.8, 4) is 0 Å². The van der Waals surface area contributed by atoms with E-state index < -0.39 is 0 Å². The van der Waals surface area contributed by atoms with Crippen LogP contribution < -0.4 is 5.32 Å². The zero-order valence-corrected chi connectivity index (χ0v) is 9.52. The molecule has 1 heterocycles. The SMILES string of the molecule is O=C1CCC(C(=O)OCc2ccccc2)NC1. The fourth-order valence-electron chi connectivity index (χ4n) is 1.76. The van der Waals surface area contributed by atoms with E-state index in [1.165, 1.54) is 0 Å². The van der Waals surface area contributed by atoms with E-state index in [9.17, 15) is 9.59 Å². The van der Waals surface area contributed by atoms with Gasteiger partial charge in [0.05, 0.1) is 6.54 Å². The predicted octanol–water partition coefficient (Wildman–Crippen LogP) is 1.05. The molecule has 0 aromatic heterocycles. The van der Waals surface area contributed by atoms with Crippen LogP contribution in [0.1, 0.15) is 18.4 Å². The van der Waals surface area contributed by atoms with Crippen molar-refractivity contribution < 1.29 is 14.3 Å². The lowest BCUT2D eigenvalue weighted by atomic mass is 10.0. The van der Waals surface area contributed by atoms with Gasteiger partial charge in [-0.25, -0.2) is 0 Å². The summed E-state index contributed by atoms with van der Waals surface area (Å²) in [5.74, 6) is -0.126. The Morgan fingerprint density at radius 3 is 2.76 bits per heavy atom. The summed E-state index contributed by atoms with van der Waals surface area (Å²) in [6.07, 6.45) is 0.991. The van der Waals surface area contributed by atoms with Gasteiger partial charge in [0.25, 0.3) is 0 Å². The van der Waals surface area contributed by atoms with Gasteiger partial charge in [0, 0.05) is 6.42 Å². The minimum Gasteiger partial charge on any atom is -0.460 e. The van der Waals surface area contributed by atoms with Crippen LogP contribution in [0.5, 0.6) is 0 Å². The lowest BCUT2D eigenvalue weighted by molar-refractivity contribution is -0.148. The fourth-order valence-corrected chi connectivity index (χ4v) is 1.76. The maximum Gasteiger partial charge on any atom is 0.323 e. The maximum absolute atomic E-state index is 11.7. The Hall–Kier alpha value is -1.68. The Morgan fingerprint density at radius 1 is 1.35 bits per heavy atom. The number of ketones is 1. The molecule has 0 aliphatic carbocycles. The second-order valence-corrected chi connectivity index (χ2v) is 4.10. The van der Waals surface area contributed by atoms with E-state index in [0.29, 0.717) is 12.8 Å². The molecule has 4 nitrogen and oxygen atoms in total. The summed E-state index contributed by atoms with van der Waals surface area (Å²) in [7, 11) is 0. The van der Waals surface area contributed by atoms with E-state index in [2.05, 4.69) is 5.32 Å². The van der Waals surface area contributed by atoms with Gasteiger partial charge >= 0.3 is 5.97 Å². The Balaban J connectivity index is 1.80. The first kappa shape index (κ1) is 11.8. The second-order valence-electron chi connectivity index (χ2n) is 4.10. The van der Waals surface area contributed by atoms with E-state index >= 15 is 0 Å². The number of hydrogen-bond donors (Lipinski definition) is 1. The summed E-state index contributed by atoms with van der Waals surface area (Å²) in [6, 6.07) is 9.20. The Labute approximate surface area is 100.0 Å². The molecule has 1 N–H and O–H groups in total. The van der Waals surface area contributed by atoms with E-state index in [1.807, 2.05) is 30.3 Å². The number of carbonyl (C=O) groups is 2. The number of nitrogens with one attached hydrogen (secondary N) is 1. The molecule has 0 spiro atoms. The van der Waals surface area contributed by atoms with Crippen molar-refractivity contribution >= 4 is 11.8 Å². The molecule has 1 aliphatic rings. The fraction of sp³-hybridized carbons (Fsp3) is 0.385. The number of hydrogen-bond acceptors (Lipinski definition) is 4. The summed E-state index contributed by atoms with van der Waals surface area (Å²) in [5, 5.41) is 2.88. The molecule has 1 fully saturated rings. The summed E-state index contributed by atoms with van der Waals surface area (Å²) in [6.45, 7) is 0.552. The van der Waals surface area contributed by atoms with Crippen molar-refractivity contribution in [2.45, 2.75) is 25.5 Å². The van der Waals surface area contributed by atoms with Crippen LogP contribution >= 0.6 is 0 Å². The molecule has 0 saturated carbocycles. The molecular formula is C13H15NO3. The summed E-state index contributed by atoms with van der Waals surface area (Å²) < 4.78 is 5.19. The quantitative estimate of drug-likeness (QED) is 0.793. The highest BCUT2D eigenvalue weighted by Crippen LogP contribution is 2.08. The Bertz CT molecular complexity index is 392. The van der Waals surface area contributed by atoms with Crippen LogP contribution in [0.25, 0.3) is 0 Å². The van der Waals surface area contributed by atoms with Gasteiger partial charge in [-0.05, 0) is 12.0 Å². The van der Waals surface area contributed by atoms with Crippen LogP contribution in [-0.2, 0) is 20.9 Å². The third-order valence-corrected chi connectivity index (χ3v) is 2.77. The van der Waals surface area contributed by atoms with Crippen LogP contribution in [0, 0.1) is 0 Å². The third-order valence-electron chi connectivity index (χ3n) is 2.77. The largest absolute Gasteiger partial charge is 0.460 e. The predicted molar refractivity (Wildman–Crippen MR) is 62.3 cm³/mol. The minimum absolute atomic E-state index is 0.150. The molecule has 90 valence electrons. The molecule has 0 bridgehead atoms. The van der Waals surface area contributed by atoms with Gasteiger partial charge in [0.1, 0.15) is 18.4 Å².